The van der Waals surface area contributed by atoms with Crippen molar-refractivity contribution in [3.63, 3.8) is 0 Å². The molecule has 4 aromatic rings. The molecule has 0 fully saturated rings. The summed E-state index contributed by atoms with van der Waals surface area (Å²) in [6.07, 6.45) is 3.60. The van der Waals surface area contributed by atoms with Crippen LogP contribution >= 0.6 is 11.3 Å². The predicted molar refractivity (Wildman–Crippen MR) is 107 cm³/mol. The molecule has 0 aliphatic carbocycles. The fraction of sp³-hybridized carbons (Fsp3) is 0.0952. The lowest BCUT2D eigenvalue weighted by atomic mass is 10.1. The summed E-state index contributed by atoms with van der Waals surface area (Å²) in [5.41, 5.74) is 3.49. The second-order valence-electron chi connectivity index (χ2n) is 5.57. The highest BCUT2D eigenvalue weighted by molar-refractivity contribution is 7.25. The number of hydrogen-bond acceptors (Lipinski definition) is 3. The summed E-state index contributed by atoms with van der Waals surface area (Å²) in [6.45, 7) is 7.35. The Bertz CT molecular complexity index is 968. The molecule has 3 heteroatoms. The quantitative estimate of drug-likeness (QED) is 0.413. The minimum atomic E-state index is 1.10. The third-order valence-electron chi connectivity index (χ3n) is 3.59. The number of nitrogens with one attached hydrogen (secondary N) is 1. The van der Waals surface area contributed by atoms with Gasteiger partial charge in [-0.3, -0.25) is 0 Å². The first-order valence-electron chi connectivity index (χ1n) is 7.89. The molecule has 24 heavy (non-hydrogen) atoms. The van der Waals surface area contributed by atoms with Crippen molar-refractivity contribution in [2.45, 2.75) is 13.8 Å². The van der Waals surface area contributed by atoms with Gasteiger partial charge in [0.2, 0.25) is 0 Å². The highest BCUT2D eigenvalue weighted by Gasteiger charge is 2.06. The zero-order valence-electron chi connectivity index (χ0n) is 13.9. The molecule has 4 rings (SSSR count). The van der Waals surface area contributed by atoms with Crippen molar-refractivity contribution in [2.24, 2.45) is 0 Å². The molecule has 120 valence electrons. The van der Waals surface area contributed by atoms with Crippen molar-refractivity contribution in [1.29, 1.82) is 0 Å². The van der Waals surface area contributed by atoms with Gasteiger partial charge in [-0.15, -0.1) is 17.9 Å². The number of nitrogens with zero attached hydrogens (tertiary/aromatic N) is 1. The van der Waals surface area contributed by atoms with Crippen LogP contribution in [0.15, 0.2) is 73.4 Å². The van der Waals surface area contributed by atoms with Crippen molar-refractivity contribution in [3.8, 4) is 0 Å². The minimum Gasteiger partial charge on any atom is -0.355 e. The maximum absolute atomic E-state index is 4.44. The minimum absolute atomic E-state index is 1.10. The summed E-state index contributed by atoms with van der Waals surface area (Å²) >= 11 is 1.74. The smallest absolute Gasteiger partial charge is 0.124 e. The molecule has 2 aromatic carbocycles. The summed E-state index contributed by atoms with van der Waals surface area (Å²) in [6, 6.07) is 19.1. The van der Waals surface area contributed by atoms with Crippen LogP contribution in [0.3, 0.4) is 0 Å². The number of allylic oxidation sites excluding steroid dienone is 1. The van der Waals surface area contributed by atoms with Crippen LogP contribution in [0.25, 0.3) is 20.3 Å². The van der Waals surface area contributed by atoms with E-state index in [4.69, 9.17) is 0 Å². The predicted octanol–water partition coefficient (Wildman–Crippen LogP) is 6.69. The number of fused-ring (bicyclic) bond motifs is 3. The van der Waals surface area contributed by atoms with E-state index in [2.05, 4.69) is 72.3 Å². The Morgan fingerprint density at radius 2 is 1.71 bits per heavy atom. The number of benzene rings is 2. The monoisotopic (exact) mass is 332 g/mol. The molecule has 2 aromatic heterocycles. The van der Waals surface area contributed by atoms with Gasteiger partial charge in [-0.2, -0.15) is 0 Å². The van der Waals surface area contributed by atoms with Gasteiger partial charge in [0.25, 0.3) is 0 Å². The number of aromatic nitrogens is 1. The van der Waals surface area contributed by atoms with Crippen LogP contribution in [0.2, 0.25) is 0 Å². The van der Waals surface area contributed by atoms with Crippen molar-refractivity contribution >= 4 is 43.0 Å². The van der Waals surface area contributed by atoms with E-state index >= 15 is 0 Å². The molecule has 0 radical (unpaired) electrons. The molecule has 0 aliphatic heterocycles. The molecule has 0 bridgehead atoms. The molecule has 1 N–H and O–H groups in total. The van der Waals surface area contributed by atoms with Crippen molar-refractivity contribution in [3.05, 3.63) is 79.0 Å². The number of thiophene rings is 1. The van der Waals surface area contributed by atoms with Crippen molar-refractivity contribution in [1.82, 2.24) is 4.98 Å². The first-order valence-corrected chi connectivity index (χ1v) is 8.71. The summed E-state index contributed by atoms with van der Waals surface area (Å²) in [7, 11) is 0. The van der Waals surface area contributed by atoms with E-state index < -0.39 is 0 Å². The average molecular weight is 332 g/mol. The van der Waals surface area contributed by atoms with E-state index in [1.807, 2.05) is 19.2 Å². The van der Waals surface area contributed by atoms with E-state index in [-0.39, 0.29) is 0 Å². The summed E-state index contributed by atoms with van der Waals surface area (Å²) < 4.78 is 1.26. The number of aryl methyl sites for hydroxylation is 1. The molecule has 2 nitrogen and oxygen atoms in total. The summed E-state index contributed by atoms with van der Waals surface area (Å²) in [5.74, 6) is 0. The molecule has 0 atom stereocenters. The Morgan fingerprint density at radius 1 is 1.00 bits per heavy atom. The Kier molecular flexibility index (Phi) is 4.92. The van der Waals surface area contributed by atoms with Crippen LogP contribution in [0, 0.1) is 6.92 Å². The van der Waals surface area contributed by atoms with Gasteiger partial charge in [0.1, 0.15) is 4.83 Å². The molecule has 0 spiro atoms. The van der Waals surface area contributed by atoms with E-state index in [0.717, 1.165) is 16.2 Å². The Balaban J connectivity index is 0.000000526. The highest BCUT2D eigenvalue weighted by atomic mass is 32.1. The SMILES string of the molecule is C=CC.Cc1ccc(Nc2ccc3c(c2)sc2ncccc23)cc1. The number of anilines is 2. The second kappa shape index (κ2) is 7.28. The van der Waals surface area contributed by atoms with Crippen LogP contribution < -0.4 is 5.32 Å². The van der Waals surface area contributed by atoms with Crippen LogP contribution in [0.1, 0.15) is 12.5 Å². The summed E-state index contributed by atoms with van der Waals surface area (Å²) in [5, 5.41) is 5.96. The van der Waals surface area contributed by atoms with E-state index in [0.29, 0.717) is 0 Å². The number of rotatable bonds is 2. The van der Waals surface area contributed by atoms with Crippen LogP contribution in [-0.2, 0) is 0 Å². The van der Waals surface area contributed by atoms with Gasteiger partial charge in [0.15, 0.2) is 0 Å². The molecule has 0 unspecified atom stereocenters. The lowest BCUT2D eigenvalue weighted by Crippen LogP contribution is -1.89. The van der Waals surface area contributed by atoms with Crippen molar-refractivity contribution in [2.75, 3.05) is 5.32 Å². The fourth-order valence-corrected chi connectivity index (χ4v) is 3.58. The molecule has 0 saturated carbocycles. The van der Waals surface area contributed by atoms with Gasteiger partial charge in [0, 0.05) is 33.0 Å². The molecule has 0 saturated heterocycles. The Labute approximate surface area is 146 Å². The first kappa shape index (κ1) is 16.2. The van der Waals surface area contributed by atoms with E-state index in [1.54, 1.807) is 17.4 Å². The van der Waals surface area contributed by atoms with Gasteiger partial charge in [-0.05, 0) is 50.2 Å². The number of pyridine rings is 1. The van der Waals surface area contributed by atoms with Gasteiger partial charge in [-0.25, -0.2) is 4.98 Å². The largest absolute Gasteiger partial charge is 0.355 e. The van der Waals surface area contributed by atoms with Crippen LogP contribution in [0.5, 0.6) is 0 Å². The lowest BCUT2D eigenvalue weighted by Gasteiger charge is -2.06. The molecular weight excluding hydrogens is 312 g/mol. The summed E-state index contributed by atoms with van der Waals surface area (Å²) in [4.78, 5) is 5.54. The maximum atomic E-state index is 4.44. The number of hydrogen-bond donors (Lipinski definition) is 1. The van der Waals surface area contributed by atoms with Gasteiger partial charge in [0.05, 0.1) is 0 Å². The van der Waals surface area contributed by atoms with Gasteiger partial charge in [-0.1, -0.05) is 29.8 Å². The van der Waals surface area contributed by atoms with Gasteiger partial charge >= 0.3 is 0 Å². The average Bonchev–Trinajstić information content (AvgIpc) is 2.95. The lowest BCUT2D eigenvalue weighted by molar-refractivity contribution is 1.45. The zero-order chi connectivity index (χ0) is 16.9. The third kappa shape index (κ3) is 3.47. The van der Waals surface area contributed by atoms with Crippen molar-refractivity contribution < 1.29 is 0 Å². The second-order valence-corrected chi connectivity index (χ2v) is 6.60. The molecule has 2 heterocycles. The third-order valence-corrected chi connectivity index (χ3v) is 4.67. The Morgan fingerprint density at radius 3 is 2.46 bits per heavy atom. The first-order chi connectivity index (χ1) is 11.7. The molecular formula is C21H20N2S. The highest BCUT2D eigenvalue weighted by Crippen LogP contribution is 2.34. The van der Waals surface area contributed by atoms with Crippen LogP contribution in [0.4, 0.5) is 11.4 Å². The zero-order valence-corrected chi connectivity index (χ0v) is 14.7. The van der Waals surface area contributed by atoms with E-state index in [9.17, 15) is 0 Å². The molecule has 0 aliphatic rings. The van der Waals surface area contributed by atoms with E-state index in [1.165, 1.54) is 21.0 Å². The fourth-order valence-electron chi connectivity index (χ4n) is 2.49. The Hall–Kier alpha value is -2.65. The van der Waals surface area contributed by atoms with Crippen LogP contribution in [-0.4, -0.2) is 4.98 Å². The normalized spacial score (nSPS) is 10.2. The topological polar surface area (TPSA) is 24.9 Å². The van der Waals surface area contributed by atoms with Gasteiger partial charge < -0.3 is 5.32 Å². The standard InChI is InChI=1S/C18H14N2S.C3H6/c1-12-4-6-13(7-5-12)20-14-8-9-15-16-3-2-10-19-18(16)21-17(15)11-14;1-3-2/h2-11,20H,1H3;3H,1H2,2H3. The molecule has 0 amide bonds. The maximum Gasteiger partial charge on any atom is 0.124 e.